The number of benzene rings is 2. The van der Waals surface area contributed by atoms with E-state index in [1.54, 1.807) is 11.0 Å². The molecule has 1 aliphatic carbocycles. The summed E-state index contributed by atoms with van der Waals surface area (Å²) in [6.45, 7) is 3.21. The van der Waals surface area contributed by atoms with Gasteiger partial charge in [0.15, 0.2) is 0 Å². The molecule has 5 nitrogen and oxygen atoms in total. The van der Waals surface area contributed by atoms with Gasteiger partial charge >= 0.3 is 0 Å². The van der Waals surface area contributed by atoms with Gasteiger partial charge in [0.05, 0.1) is 11.6 Å². The summed E-state index contributed by atoms with van der Waals surface area (Å²) in [6.07, 6.45) is 3.32. The number of nitrogens with two attached hydrogens (primary N) is 1. The number of carbonyl (C=O) groups excluding carboxylic acids is 2. The number of carbonyl (C=O) groups is 2. The first-order chi connectivity index (χ1) is 13.5. The van der Waals surface area contributed by atoms with Gasteiger partial charge in [-0.3, -0.25) is 9.59 Å². The lowest BCUT2D eigenvalue weighted by atomic mass is 9.77. The average molecular weight is 373 g/mol. The number of hydrogen-bond acceptors (Lipinski definition) is 3. The van der Waals surface area contributed by atoms with Crippen molar-refractivity contribution < 1.29 is 9.59 Å². The lowest BCUT2D eigenvalue weighted by Crippen LogP contribution is -2.48. The van der Waals surface area contributed by atoms with E-state index < -0.39 is 5.91 Å². The zero-order valence-electron chi connectivity index (χ0n) is 15.9. The van der Waals surface area contributed by atoms with Crippen molar-refractivity contribution >= 4 is 11.8 Å². The zero-order valence-corrected chi connectivity index (χ0v) is 15.9. The van der Waals surface area contributed by atoms with Crippen molar-refractivity contribution in [3.63, 3.8) is 0 Å². The quantitative estimate of drug-likeness (QED) is 0.890. The topological polar surface area (TPSA) is 87.2 Å². The summed E-state index contributed by atoms with van der Waals surface area (Å²) in [6, 6.07) is 13.3. The van der Waals surface area contributed by atoms with Crippen LogP contribution in [0.5, 0.6) is 0 Å². The van der Waals surface area contributed by atoms with E-state index in [0.29, 0.717) is 35.7 Å². The number of hydrogen-bond donors (Lipinski definition) is 1. The molecule has 2 aliphatic rings. The van der Waals surface area contributed by atoms with Crippen molar-refractivity contribution in [1.82, 2.24) is 4.90 Å². The molecule has 0 unspecified atom stereocenters. The summed E-state index contributed by atoms with van der Waals surface area (Å²) in [7, 11) is 0. The highest BCUT2D eigenvalue weighted by Gasteiger charge is 2.34. The van der Waals surface area contributed by atoms with Gasteiger partial charge in [0, 0.05) is 30.1 Å². The van der Waals surface area contributed by atoms with Crippen LogP contribution in [0.25, 0.3) is 0 Å². The summed E-state index contributed by atoms with van der Waals surface area (Å²) >= 11 is 0. The van der Waals surface area contributed by atoms with E-state index in [1.807, 2.05) is 37.3 Å². The van der Waals surface area contributed by atoms with Gasteiger partial charge in [-0.05, 0) is 60.6 Å². The summed E-state index contributed by atoms with van der Waals surface area (Å²) in [5, 5.41) is 8.90. The van der Waals surface area contributed by atoms with E-state index >= 15 is 0 Å². The molecule has 0 bridgehead atoms. The van der Waals surface area contributed by atoms with E-state index in [0.717, 1.165) is 29.5 Å². The van der Waals surface area contributed by atoms with Gasteiger partial charge in [0.25, 0.3) is 5.91 Å². The fourth-order valence-corrected chi connectivity index (χ4v) is 4.09. The Hall–Kier alpha value is -3.13. The molecular weight excluding hydrogens is 350 g/mol. The molecule has 5 heteroatoms. The van der Waals surface area contributed by atoms with E-state index in [2.05, 4.69) is 6.07 Å². The third kappa shape index (κ3) is 3.16. The SMILES string of the molecule is Cc1cc(C2CCC2)c(C(N)=O)cc1C(=O)N1CC(c2ccc(C#N)cc2)C1. The van der Waals surface area contributed by atoms with Crippen molar-refractivity contribution in [2.75, 3.05) is 13.1 Å². The smallest absolute Gasteiger partial charge is 0.254 e. The van der Waals surface area contributed by atoms with Gasteiger partial charge in [0.1, 0.15) is 0 Å². The number of primary amides is 1. The molecule has 4 rings (SSSR count). The first-order valence-electron chi connectivity index (χ1n) is 9.71. The minimum Gasteiger partial charge on any atom is -0.366 e. The number of aryl methyl sites for hydroxylation is 1. The second-order valence-corrected chi connectivity index (χ2v) is 7.89. The molecule has 28 heavy (non-hydrogen) atoms. The van der Waals surface area contributed by atoms with Gasteiger partial charge in [-0.15, -0.1) is 0 Å². The van der Waals surface area contributed by atoms with E-state index in [1.165, 1.54) is 6.42 Å². The van der Waals surface area contributed by atoms with Gasteiger partial charge in [0.2, 0.25) is 5.91 Å². The van der Waals surface area contributed by atoms with E-state index in [-0.39, 0.29) is 11.8 Å². The lowest BCUT2D eigenvalue weighted by molar-refractivity contribution is 0.0601. The molecule has 0 radical (unpaired) electrons. The molecule has 2 fully saturated rings. The fraction of sp³-hybridized carbons (Fsp3) is 0.348. The Morgan fingerprint density at radius 2 is 1.75 bits per heavy atom. The number of amides is 2. The van der Waals surface area contributed by atoms with Crippen LogP contribution in [0.2, 0.25) is 0 Å². The summed E-state index contributed by atoms with van der Waals surface area (Å²) in [5.41, 5.74) is 10.3. The van der Waals surface area contributed by atoms with Gasteiger partial charge in [-0.2, -0.15) is 5.26 Å². The van der Waals surface area contributed by atoms with E-state index in [4.69, 9.17) is 11.0 Å². The number of nitriles is 1. The number of nitrogens with zero attached hydrogens (tertiary/aromatic N) is 2. The highest BCUT2D eigenvalue weighted by molar-refractivity contribution is 6.01. The Morgan fingerprint density at radius 1 is 1.07 bits per heavy atom. The normalized spacial score (nSPS) is 16.8. The van der Waals surface area contributed by atoms with Crippen LogP contribution in [0, 0.1) is 18.3 Å². The molecule has 0 spiro atoms. The average Bonchev–Trinajstić information content (AvgIpc) is 2.59. The third-order valence-electron chi connectivity index (χ3n) is 6.12. The standard InChI is InChI=1S/C23H23N3O2/c1-14-9-20(17-3-2-4-17)21(22(25)27)10-19(14)23(28)26-12-18(13-26)16-7-5-15(11-24)6-8-16/h5-10,17-18H,2-4,12-13H2,1H3,(H2,25,27). The Bertz CT molecular complexity index is 978. The Balaban J connectivity index is 1.51. The molecule has 2 aromatic carbocycles. The van der Waals surface area contributed by atoms with Gasteiger partial charge < -0.3 is 10.6 Å². The molecule has 1 saturated heterocycles. The first kappa shape index (κ1) is 18.2. The van der Waals surface area contributed by atoms with E-state index in [9.17, 15) is 9.59 Å². The molecule has 2 aromatic rings. The molecule has 1 aliphatic heterocycles. The minimum absolute atomic E-state index is 0.0509. The van der Waals surface area contributed by atoms with Crippen LogP contribution in [0.4, 0.5) is 0 Å². The van der Waals surface area contributed by atoms with Crippen molar-refractivity contribution in [3.8, 4) is 6.07 Å². The second kappa shape index (κ2) is 7.12. The maximum atomic E-state index is 13.0. The van der Waals surface area contributed by atoms with Crippen molar-refractivity contribution in [2.45, 2.75) is 38.0 Å². The summed E-state index contributed by atoms with van der Waals surface area (Å²) in [5.74, 6) is 0.150. The lowest BCUT2D eigenvalue weighted by Gasteiger charge is -2.40. The van der Waals surface area contributed by atoms with Crippen molar-refractivity contribution in [3.05, 3.63) is 69.8 Å². The van der Waals surface area contributed by atoms with Gasteiger partial charge in [-0.25, -0.2) is 0 Å². The molecule has 0 atom stereocenters. The van der Waals surface area contributed by atoms with Crippen LogP contribution in [0.3, 0.4) is 0 Å². The predicted molar refractivity (Wildman–Crippen MR) is 106 cm³/mol. The van der Waals surface area contributed by atoms with Crippen molar-refractivity contribution in [2.24, 2.45) is 5.73 Å². The molecule has 142 valence electrons. The largest absolute Gasteiger partial charge is 0.366 e. The maximum Gasteiger partial charge on any atom is 0.254 e. The van der Waals surface area contributed by atoms with Gasteiger partial charge in [-0.1, -0.05) is 24.6 Å². The number of likely N-dealkylation sites (tertiary alicyclic amines) is 1. The molecule has 1 saturated carbocycles. The second-order valence-electron chi connectivity index (χ2n) is 7.89. The summed E-state index contributed by atoms with van der Waals surface area (Å²) < 4.78 is 0. The van der Waals surface area contributed by atoms with Crippen LogP contribution in [-0.4, -0.2) is 29.8 Å². The molecule has 2 amide bonds. The Morgan fingerprint density at radius 3 is 2.29 bits per heavy atom. The maximum absolute atomic E-state index is 13.0. The predicted octanol–water partition coefficient (Wildman–Crippen LogP) is 3.47. The fourth-order valence-electron chi connectivity index (χ4n) is 4.09. The number of rotatable bonds is 4. The third-order valence-corrected chi connectivity index (χ3v) is 6.12. The minimum atomic E-state index is -0.463. The van der Waals surface area contributed by atoms with Crippen LogP contribution in [-0.2, 0) is 0 Å². The first-order valence-corrected chi connectivity index (χ1v) is 9.71. The van der Waals surface area contributed by atoms with Crippen LogP contribution in [0.1, 0.15) is 74.1 Å². The summed E-state index contributed by atoms with van der Waals surface area (Å²) in [4.78, 5) is 26.8. The van der Waals surface area contributed by atoms with Crippen LogP contribution < -0.4 is 5.73 Å². The van der Waals surface area contributed by atoms with Crippen molar-refractivity contribution in [1.29, 1.82) is 5.26 Å². The monoisotopic (exact) mass is 373 g/mol. The highest BCUT2D eigenvalue weighted by atomic mass is 16.2. The molecule has 0 aromatic heterocycles. The van der Waals surface area contributed by atoms with Crippen LogP contribution in [0.15, 0.2) is 36.4 Å². The molecular formula is C23H23N3O2. The Labute approximate surface area is 164 Å². The molecule has 1 heterocycles. The zero-order chi connectivity index (χ0) is 19.8. The van der Waals surface area contributed by atoms with Crippen LogP contribution >= 0.6 is 0 Å². The molecule has 2 N–H and O–H groups in total. The highest BCUT2D eigenvalue weighted by Crippen LogP contribution is 2.39. The Kier molecular flexibility index (Phi) is 4.64.